The van der Waals surface area contributed by atoms with Crippen LogP contribution in [-0.2, 0) is 12.1 Å². The van der Waals surface area contributed by atoms with E-state index in [1.165, 1.54) is 18.4 Å². The zero-order valence-electron chi connectivity index (χ0n) is 12.4. The summed E-state index contributed by atoms with van der Waals surface area (Å²) in [6.45, 7) is 3.16. The molecule has 1 saturated carbocycles. The Kier molecular flexibility index (Phi) is 3.42. The number of ether oxygens (including phenoxy) is 1. The predicted molar refractivity (Wildman–Crippen MR) is 80.9 cm³/mol. The Labute approximate surface area is 119 Å². The summed E-state index contributed by atoms with van der Waals surface area (Å²) in [5.41, 5.74) is 8.54. The smallest absolute Gasteiger partial charge is 0.130 e. The van der Waals surface area contributed by atoms with Crippen molar-refractivity contribution in [1.82, 2.24) is 9.55 Å². The van der Waals surface area contributed by atoms with Gasteiger partial charge in [-0.3, -0.25) is 0 Å². The number of methoxy groups -OCH3 is 1. The van der Waals surface area contributed by atoms with Crippen LogP contribution in [0.1, 0.15) is 44.9 Å². The van der Waals surface area contributed by atoms with Gasteiger partial charge < -0.3 is 15.0 Å². The molecule has 2 aromatic rings. The number of imidazole rings is 1. The van der Waals surface area contributed by atoms with Crippen molar-refractivity contribution in [3.05, 3.63) is 24.0 Å². The molecule has 0 unspecified atom stereocenters. The fraction of sp³-hybridized carbons (Fsp3) is 0.562. The Hall–Kier alpha value is -1.55. The first kappa shape index (κ1) is 13.4. The van der Waals surface area contributed by atoms with Crippen molar-refractivity contribution in [2.24, 2.45) is 5.73 Å². The summed E-state index contributed by atoms with van der Waals surface area (Å²) in [6.07, 6.45) is 5.57. The Morgan fingerprint density at radius 2 is 2.10 bits per heavy atom. The molecule has 0 aliphatic heterocycles. The summed E-state index contributed by atoms with van der Waals surface area (Å²) in [5.74, 6) is 1.91. The van der Waals surface area contributed by atoms with Crippen LogP contribution >= 0.6 is 0 Å². The molecule has 1 heterocycles. The summed E-state index contributed by atoms with van der Waals surface area (Å²) in [6, 6.07) is 6.10. The summed E-state index contributed by atoms with van der Waals surface area (Å²) in [4.78, 5) is 4.85. The van der Waals surface area contributed by atoms with Crippen molar-refractivity contribution in [2.45, 2.75) is 51.1 Å². The van der Waals surface area contributed by atoms with Crippen molar-refractivity contribution in [2.75, 3.05) is 7.11 Å². The molecule has 2 N–H and O–H groups in total. The summed E-state index contributed by atoms with van der Waals surface area (Å²) < 4.78 is 7.61. The SMILES string of the molecule is CCCn1c(C2(N)CCCC2)nc2cc(OC)ccc21. The van der Waals surface area contributed by atoms with Crippen molar-refractivity contribution in [1.29, 1.82) is 0 Å². The van der Waals surface area contributed by atoms with E-state index in [1.54, 1.807) is 7.11 Å². The van der Waals surface area contributed by atoms with Crippen LogP contribution in [0.25, 0.3) is 11.0 Å². The topological polar surface area (TPSA) is 53.1 Å². The molecule has 1 aromatic carbocycles. The molecule has 0 radical (unpaired) electrons. The van der Waals surface area contributed by atoms with E-state index in [0.717, 1.165) is 42.9 Å². The third-order valence-corrected chi connectivity index (χ3v) is 4.34. The van der Waals surface area contributed by atoms with Gasteiger partial charge in [-0.2, -0.15) is 0 Å². The second-order valence-corrected chi connectivity index (χ2v) is 5.80. The van der Waals surface area contributed by atoms with Crippen LogP contribution in [0.15, 0.2) is 18.2 Å². The number of aryl methyl sites for hydroxylation is 1. The quantitative estimate of drug-likeness (QED) is 0.930. The number of nitrogens with zero attached hydrogens (tertiary/aromatic N) is 2. The highest BCUT2D eigenvalue weighted by Gasteiger charge is 2.36. The molecule has 3 rings (SSSR count). The molecule has 0 bridgehead atoms. The van der Waals surface area contributed by atoms with Gasteiger partial charge in [0.15, 0.2) is 0 Å². The third-order valence-electron chi connectivity index (χ3n) is 4.34. The number of hydrogen-bond acceptors (Lipinski definition) is 3. The molecule has 1 aliphatic rings. The lowest BCUT2D eigenvalue weighted by atomic mass is 9.98. The maximum atomic E-state index is 6.63. The van der Waals surface area contributed by atoms with Crippen LogP contribution < -0.4 is 10.5 Å². The highest BCUT2D eigenvalue weighted by molar-refractivity contribution is 5.78. The second kappa shape index (κ2) is 5.09. The maximum Gasteiger partial charge on any atom is 0.130 e. The summed E-state index contributed by atoms with van der Waals surface area (Å²) >= 11 is 0. The Morgan fingerprint density at radius 1 is 1.35 bits per heavy atom. The van der Waals surface area contributed by atoms with Gasteiger partial charge in [-0.25, -0.2) is 4.98 Å². The number of nitrogens with two attached hydrogens (primary N) is 1. The van der Waals surface area contributed by atoms with Gasteiger partial charge in [0.25, 0.3) is 0 Å². The monoisotopic (exact) mass is 273 g/mol. The van der Waals surface area contributed by atoms with Gasteiger partial charge in [0, 0.05) is 12.6 Å². The molecule has 0 saturated heterocycles. The number of benzene rings is 1. The van der Waals surface area contributed by atoms with E-state index in [-0.39, 0.29) is 5.54 Å². The van der Waals surface area contributed by atoms with Crippen molar-refractivity contribution >= 4 is 11.0 Å². The third kappa shape index (κ3) is 2.08. The first-order valence-electron chi connectivity index (χ1n) is 7.51. The molecular weight excluding hydrogens is 250 g/mol. The molecule has 4 nitrogen and oxygen atoms in total. The van der Waals surface area contributed by atoms with E-state index in [1.807, 2.05) is 12.1 Å². The molecule has 108 valence electrons. The molecular formula is C16H23N3O. The van der Waals surface area contributed by atoms with Gasteiger partial charge in [0.05, 0.1) is 23.7 Å². The Morgan fingerprint density at radius 3 is 2.75 bits per heavy atom. The summed E-state index contributed by atoms with van der Waals surface area (Å²) in [7, 11) is 1.69. The van der Waals surface area contributed by atoms with E-state index in [2.05, 4.69) is 17.6 Å². The molecule has 0 spiro atoms. The van der Waals surface area contributed by atoms with E-state index in [4.69, 9.17) is 15.5 Å². The van der Waals surface area contributed by atoms with Crippen LogP contribution in [0.5, 0.6) is 5.75 Å². The van der Waals surface area contributed by atoms with Gasteiger partial charge in [-0.05, 0) is 31.4 Å². The molecule has 1 aromatic heterocycles. The van der Waals surface area contributed by atoms with E-state index in [0.29, 0.717) is 0 Å². The number of fused-ring (bicyclic) bond motifs is 1. The normalized spacial score (nSPS) is 17.8. The van der Waals surface area contributed by atoms with Crippen LogP contribution in [0.4, 0.5) is 0 Å². The van der Waals surface area contributed by atoms with Gasteiger partial charge in [-0.1, -0.05) is 19.8 Å². The van der Waals surface area contributed by atoms with E-state index < -0.39 is 0 Å². The molecule has 0 atom stereocenters. The van der Waals surface area contributed by atoms with E-state index in [9.17, 15) is 0 Å². The highest BCUT2D eigenvalue weighted by Crippen LogP contribution is 2.37. The minimum absolute atomic E-state index is 0.249. The lowest BCUT2D eigenvalue weighted by Crippen LogP contribution is -2.36. The van der Waals surface area contributed by atoms with Crippen molar-refractivity contribution in [3.8, 4) is 5.75 Å². The standard InChI is InChI=1S/C16H23N3O/c1-3-10-19-14-7-6-12(20-2)11-13(14)18-15(19)16(17)8-4-5-9-16/h6-7,11H,3-5,8-10,17H2,1-2H3. The van der Waals surface area contributed by atoms with Gasteiger partial charge in [0.1, 0.15) is 11.6 Å². The largest absolute Gasteiger partial charge is 0.497 e. The Bertz CT molecular complexity index is 611. The van der Waals surface area contributed by atoms with Crippen molar-refractivity contribution in [3.63, 3.8) is 0 Å². The fourth-order valence-electron chi connectivity index (χ4n) is 3.30. The number of hydrogen-bond donors (Lipinski definition) is 1. The number of rotatable bonds is 4. The molecule has 1 fully saturated rings. The maximum absolute atomic E-state index is 6.63. The molecule has 1 aliphatic carbocycles. The minimum atomic E-state index is -0.249. The number of aromatic nitrogens is 2. The zero-order valence-corrected chi connectivity index (χ0v) is 12.4. The average Bonchev–Trinajstić information content (AvgIpc) is 3.04. The van der Waals surface area contributed by atoms with Crippen LogP contribution in [0, 0.1) is 0 Å². The van der Waals surface area contributed by atoms with Gasteiger partial charge in [-0.15, -0.1) is 0 Å². The zero-order chi connectivity index (χ0) is 14.2. The van der Waals surface area contributed by atoms with Crippen LogP contribution in [-0.4, -0.2) is 16.7 Å². The highest BCUT2D eigenvalue weighted by atomic mass is 16.5. The average molecular weight is 273 g/mol. The molecule has 4 heteroatoms. The summed E-state index contributed by atoms with van der Waals surface area (Å²) in [5, 5.41) is 0. The first-order chi connectivity index (χ1) is 9.68. The lowest BCUT2D eigenvalue weighted by molar-refractivity contribution is 0.409. The Balaban J connectivity index is 2.16. The lowest BCUT2D eigenvalue weighted by Gasteiger charge is -2.24. The molecule has 0 amide bonds. The van der Waals surface area contributed by atoms with Crippen LogP contribution in [0.3, 0.4) is 0 Å². The van der Waals surface area contributed by atoms with E-state index >= 15 is 0 Å². The van der Waals surface area contributed by atoms with Crippen LogP contribution in [0.2, 0.25) is 0 Å². The second-order valence-electron chi connectivity index (χ2n) is 5.80. The van der Waals surface area contributed by atoms with Gasteiger partial charge >= 0.3 is 0 Å². The van der Waals surface area contributed by atoms with Crippen molar-refractivity contribution < 1.29 is 4.74 Å². The minimum Gasteiger partial charge on any atom is -0.497 e. The molecule has 20 heavy (non-hydrogen) atoms. The predicted octanol–water partition coefficient (Wildman–Crippen LogP) is 3.18. The first-order valence-corrected chi connectivity index (χ1v) is 7.51. The fourth-order valence-corrected chi connectivity index (χ4v) is 3.30. The van der Waals surface area contributed by atoms with Gasteiger partial charge in [0.2, 0.25) is 0 Å².